The van der Waals surface area contributed by atoms with Crippen LogP contribution in [0.4, 0.5) is 0 Å². The average molecular weight is 196 g/mol. The third kappa shape index (κ3) is 1.40. The molecule has 0 N–H and O–H groups in total. The fourth-order valence-corrected chi connectivity index (χ4v) is 1.20. The Bertz CT molecular complexity index is 446. The molecule has 66 valence electrons. The van der Waals surface area contributed by atoms with E-state index >= 15 is 0 Å². The molecule has 0 unspecified atom stereocenters. The molecule has 0 aromatic carbocycles. The number of hydrogen-bond acceptors (Lipinski definition) is 4. The molecule has 2 aromatic rings. The summed E-state index contributed by atoms with van der Waals surface area (Å²) in [5, 5.41) is 1.13. The lowest BCUT2D eigenvalue weighted by Gasteiger charge is -2.00. The summed E-state index contributed by atoms with van der Waals surface area (Å²) in [6, 6.07) is 3.50. The fourth-order valence-electron chi connectivity index (χ4n) is 1.01. The molecule has 2 heterocycles. The summed E-state index contributed by atoms with van der Waals surface area (Å²) in [4.78, 5) is 11.9. The van der Waals surface area contributed by atoms with Gasteiger partial charge >= 0.3 is 0 Å². The first-order chi connectivity index (χ1) is 6.31. The first-order valence-electron chi connectivity index (χ1n) is 3.62. The van der Waals surface area contributed by atoms with Crippen molar-refractivity contribution in [3.8, 4) is 5.88 Å². The second kappa shape index (κ2) is 3.14. The smallest absolute Gasteiger partial charge is 0.215 e. The minimum Gasteiger partial charge on any atom is -0.481 e. The molecule has 0 atom stereocenters. The van der Waals surface area contributed by atoms with Crippen LogP contribution in [-0.4, -0.2) is 22.1 Å². The number of pyridine rings is 1. The largest absolute Gasteiger partial charge is 0.481 e. The van der Waals surface area contributed by atoms with Crippen LogP contribution < -0.4 is 4.74 Å². The van der Waals surface area contributed by atoms with Crippen molar-refractivity contribution < 1.29 is 4.74 Å². The number of rotatable bonds is 1. The second-order valence-electron chi connectivity index (χ2n) is 2.39. The van der Waals surface area contributed by atoms with Gasteiger partial charge in [0, 0.05) is 6.07 Å². The number of ether oxygens (including phenoxy) is 1. The molecule has 0 aliphatic rings. The molecule has 13 heavy (non-hydrogen) atoms. The highest BCUT2D eigenvalue weighted by molar-refractivity contribution is 6.33. The summed E-state index contributed by atoms with van der Waals surface area (Å²) in [5.74, 6) is 0.516. The summed E-state index contributed by atoms with van der Waals surface area (Å²) in [5.41, 5.74) is 0.541. The van der Waals surface area contributed by atoms with Crippen molar-refractivity contribution in [3.63, 3.8) is 0 Å². The van der Waals surface area contributed by atoms with Crippen LogP contribution in [0.25, 0.3) is 11.0 Å². The van der Waals surface area contributed by atoms with E-state index in [1.807, 2.05) is 0 Å². The van der Waals surface area contributed by atoms with Gasteiger partial charge in [0.2, 0.25) is 5.88 Å². The molecular formula is C8H6ClN3O. The maximum absolute atomic E-state index is 5.82. The van der Waals surface area contributed by atoms with Crippen LogP contribution >= 0.6 is 11.6 Å². The van der Waals surface area contributed by atoms with E-state index in [9.17, 15) is 0 Å². The highest BCUT2D eigenvalue weighted by Crippen LogP contribution is 2.19. The third-order valence-corrected chi connectivity index (χ3v) is 1.93. The van der Waals surface area contributed by atoms with E-state index in [2.05, 4.69) is 15.0 Å². The second-order valence-corrected chi connectivity index (χ2v) is 2.75. The van der Waals surface area contributed by atoms with Gasteiger partial charge in [-0.2, -0.15) is 4.98 Å². The minimum atomic E-state index is 0.403. The predicted octanol–water partition coefficient (Wildman–Crippen LogP) is 1.69. The lowest BCUT2D eigenvalue weighted by Crippen LogP contribution is -1.91. The van der Waals surface area contributed by atoms with E-state index in [0.717, 1.165) is 5.39 Å². The van der Waals surface area contributed by atoms with Gasteiger partial charge in [-0.1, -0.05) is 11.6 Å². The lowest BCUT2D eigenvalue weighted by molar-refractivity contribution is 0.399. The van der Waals surface area contributed by atoms with E-state index in [0.29, 0.717) is 16.7 Å². The van der Waals surface area contributed by atoms with Gasteiger partial charge in [0.15, 0.2) is 5.65 Å². The van der Waals surface area contributed by atoms with Crippen LogP contribution in [0.1, 0.15) is 0 Å². The molecule has 5 heteroatoms. The number of halogens is 1. The Kier molecular flexibility index (Phi) is 1.98. The molecule has 4 nitrogen and oxygen atoms in total. The average Bonchev–Trinajstić information content (AvgIpc) is 2.18. The summed E-state index contributed by atoms with van der Waals surface area (Å²) in [7, 11) is 1.55. The molecule has 0 radical (unpaired) electrons. The number of fused-ring (bicyclic) bond motifs is 1. The summed E-state index contributed by atoms with van der Waals surface area (Å²) < 4.78 is 4.95. The molecule has 0 amide bonds. The molecule has 2 rings (SSSR count). The zero-order valence-electron chi connectivity index (χ0n) is 6.86. The zero-order valence-corrected chi connectivity index (χ0v) is 7.62. The van der Waals surface area contributed by atoms with Crippen LogP contribution in [0.2, 0.25) is 5.15 Å². The fraction of sp³-hybridized carbons (Fsp3) is 0.125. The van der Waals surface area contributed by atoms with Crippen LogP contribution in [0.3, 0.4) is 0 Å². The molecule has 2 aromatic heterocycles. The zero-order chi connectivity index (χ0) is 9.26. The van der Waals surface area contributed by atoms with E-state index in [4.69, 9.17) is 16.3 Å². The molecule has 0 bridgehead atoms. The van der Waals surface area contributed by atoms with Crippen LogP contribution in [0, 0.1) is 0 Å². The van der Waals surface area contributed by atoms with Crippen LogP contribution in [-0.2, 0) is 0 Å². The van der Waals surface area contributed by atoms with Gasteiger partial charge in [0.05, 0.1) is 12.5 Å². The van der Waals surface area contributed by atoms with Crippen molar-refractivity contribution in [2.24, 2.45) is 0 Å². The van der Waals surface area contributed by atoms with Gasteiger partial charge in [-0.05, 0) is 6.07 Å². The number of methoxy groups -OCH3 is 1. The van der Waals surface area contributed by atoms with Crippen molar-refractivity contribution in [2.75, 3.05) is 7.11 Å². The number of hydrogen-bond donors (Lipinski definition) is 0. The quantitative estimate of drug-likeness (QED) is 0.650. The molecule has 0 saturated carbocycles. The monoisotopic (exact) mass is 195 g/mol. The minimum absolute atomic E-state index is 0.403. The molecule has 0 aliphatic carbocycles. The summed E-state index contributed by atoms with van der Waals surface area (Å²) in [6.07, 6.45) is 1.37. The first-order valence-corrected chi connectivity index (χ1v) is 4.00. The molecule has 0 saturated heterocycles. The van der Waals surface area contributed by atoms with Crippen molar-refractivity contribution in [1.82, 2.24) is 15.0 Å². The van der Waals surface area contributed by atoms with E-state index in [1.54, 1.807) is 19.2 Å². The van der Waals surface area contributed by atoms with Gasteiger partial charge in [-0.25, -0.2) is 9.97 Å². The normalized spacial score (nSPS) is 10.3. The SMILES string of the molecule is COc1ccc2c(Cl)ncnc2n1. The lowest BCUT2D eigenvalue weighted by atomic mass is 10.3. The highest BCUT2D eigenvalue weighted by Gasteiger charge is 2.02. The topological polar surface area (TPSA) is 47.9 Å². The third-order valence-electron chi connectivity index (χ3n) is 1.63. The molecule has 0 aliphatic heterocycles. The predicted molar refractivity (Wildman–Crippen MR) is 48.9 cm³/mol. The Labute approximate surface area is 79.6 Å². The van der Waals surface area contributed by atoms with Crippen LogP contribution in [0.5, 0.6) is 5.88 Å². The first kappa shape index (κ1) is 8.19. The van der Waals surface area contributed by atoms with Crippen molar-refractivity contribution in [2.45, 2.75) is 0 Å². The van der Waals surface area contributed by atoms with E-state index in [1.165, 1.54) is 6.33 Å². The van der Waals surface area contributed by atoms with Gasteiger partial charge in [-0.15, -0.1) is 0 Å². The van der Waals surface area contributed by atoms with Crippen molar-refractivity contribution in [3.05, 3.63) is 23.6 Å². The maximum Gasteiger partial charge on any atom is 0.215 e. The van der Waals surface area contributed by atoms with E-state index in [-0.39, 0.29) is 0 Å². The Morgan fingerprint density at radius 3 is 2.92 bits per heavy atom. The summed E-state index contributed by atoms with van der Waals surface area (Å²) in [6.45, 7) is 0. The van der Waals surface area contributed by atoms with Crippen molar-refractivity contribution in [1.29, 1.82) is 0 Å². The van der Waals surface area contributed by atoms with Gasteiger partial charge < -0.3 is 4.74 Å². The molecule has 0 fully saturated rings. The maximum atomic E-state index is 5.82. The number of aromatic nitrogens is 3. The van der Waals surface area contributed by atoms with Crippen molar-refractivity contribution >= 4 is 22.6 Å². The standard InChI is InChI=1S/C8H6ClN3O/c1-13-6-3-2-5-7(9)10-4-11-8(5)12-6/h2-4H,1H3. The summed E-state index contributed by atoms with van der Waals surface area (Å²) >= 11 is 5.82. The van der Waals surface area contributed by atoms with Gasteiger partial charge in [0.25, 0.3) is 0 Å². The molecular weight excluding hydrogens is 190 g/mol. The van der Waals surface area contributed by atoms with Crippen LogP contribution in [0.15, 0.2) is 18.5 Å². The Balaban J connectivity index is 2.72. The Morgan fingerprint density at radius 2 is 2.15 bits per heavy atom. The Hall–Kier alpha value is -1.42. The van der Waals surface area contributed by atoms with Gasteiger partial charge in [-0.3, -0.25) is 0 Å². The highest BCUT2D eigenvalue weighted by atomic mass is 35.5. The number of nitrogens with zero attached hydrogens (tertiary/aromatic N) is 3. The molecule has 0 spiro atoms. The van der Waals surface area contributed by atoms with E-state index < -0.39 is 0 Å². The Morgan fingerprint density at radius 1 is 1.31 bits per heavy atom. The van der Waals surface area contributed by atoms with Gasteiger partial charge in [0.1, 0.15) is 11.5 Å².